The molecule has 1 fully saturated rings. The van der Waals surface area contributed by atoms with Gasteiger partial charge in [0.1, 0.15) is 6.04 Å². The van der Waals surface area contributed by atoms with E-state index >= 15 is 0 Å². The normalized spacial score (nSPS) is 20.2. The van der Waals surface area contributed by atoms with Crippen LogP contribution < -0.4 is 5.32 Å². The number of nitrogens with one attached hydrogen (secondary N) is 1. The van der Waals surface area contributed by atoms with Gasteiger partial charge in [0, 0.05) is 12.5 Å². The molecule has 4 nitrogen and oxygen atoms in total. The first-order valence-electron chi connectivity index (χ1n) is 9.39. The molecule has 0 bridgehead atoms. The second kappa shape index (κ2) is 6.94. The molecule has 2 amide bonds. The van der Waals surface area contributed by atoms with E-state index in [1.54, 1.807) is 4.90 Å². The summed E-state index contributed by atoms with van der Waals surface area (Å²) in [6.45, 7) is 2.60. The van der Waals surface area contributed by atoms with Crippen LogP contribution in [0.3, 0.4) is 0 Å². The zero-order chi connectivity index (χ0) is 18.1. The maximum absolute atomic E-state index is 13.2. The minimum atomic E-state index is -0.529. The third kappa shape index (κ3) is 3.24. The first-order chi connectivity index (χ1) is 12.6. The minimum Gasteiger partial charge on any atom is -0.347 e. The van der Waals surface area contributed by atoms with Crippen molar-refractivity contribution in [1.29, 1.82) is 0 Å². The van der Waals surface area contributed by atoms with Crippen LogP contribution in [-0.4, -0.2) is 23.3 Å². The lowest BCUT2D eigenvalue weighted by Crippen LogP contribution is -2.48. The molecule has 26 heavy (non-hydrogen) atoms. The molecule has 4 heteroatoms. The van der Waals surface area contributed by atoms with Crippen molar-refractivity contribution in [1.82, 2.24) is 10.2 Å². The maximum atomic E-state index is 13.2. The Labute approximate surface area is 154 Å². The fourth-order valence-corrected chi connectivity index (χ4v) is 3.77. The van der Waals surface area contributed by atoms with Crippen molar-refractivity contribution in [2.75, 3.05) is 6.54 Å². The fourth-order valence-electron chi connectivity index (χ4n) is 3.77. The van der Waals surface area contributed by atoms with Crippen molar-refractivity contribution in [2.45, 2.75) is 38.3 Å². The Hall–Kier alpha value is -2.62. The molecule has 2 aromatic carbocycles. The molecule has 0 radical (unpaired) electrons. The molecule has 0 aromatic heterocycles. The quantitative estimate of drug-likeness (QED) is 0.921. The van der Waals surface area contributed by atoms with E-state index in [-0.39, 0.29) is 23.8 Å². The number of fused-ring (bicyclic) bond motifs is 1. The highest BCUT2D eigenvalue weighted by atomic mass is 16.2. The highest BCUT2D eigenvalue weighted by molar-refractivity contribution is 5.91. The first kappa shape index (κ1) is 16.8. The smallest absolute Gasteiger partial charge is 0.247 e. The zero-order valence-electron chi connectivity index (χ0n) is 15.0. The minimum absolute atomic E-state index is 0.0949. The van der Waals surface area contributed by atoms with Crippen LogP contribution in [0.15, 0.2) is 54.6 Å². The SMILES string of the molecule is C[C@H](NC(=O)[C@H]1c2ccccc2CCN1C(=O)C1CC1)c1ccccc1. The van der Waals surface area contributed by atoms with Gasteiger partial charge in [-0.05, 0) is 42.9 Å². The van der Waals surface area contributed by atoms with Gasteiger partial charge in [-0.3, -0.25) is 9.59 Å². The molecule has 2 aliphatic rings. The average molecular weight is 348 g/mol. The molecule has 1 saturated carbocycles. The highest BCUT2D eigenvalue weighted by Gasteiger charge is 2.41. The molecule has 134 valence electrons. The van der Waals surface area contributed by atoms with Crippen LogP contribution in [0.4, 0.5) is 0 Å². The Morgan fingerprint density at radius 3 is 2.46 bits per heavy atom. The van der Waals surface area contributed by atoms with Gasteiger partial charge in [0.15, 0.2) is 0 Å². The second-order valence-electron chi connectivity index (χ2n) is 7.30. The van der Waals surface area contributed by atoms with Crippen molar-refractivity contribution in [3.05, 3.63) is 71.3 Å². The van der Waals surface area contributed by atoms with Crippen LogP contribution in [0.1, 0.15) is 48.5 Å². The molecule has 1 aliphatic heterocycles. The monoisotopic (exact) mass is 348 g/mol. The molecule has 1 aliphatic carbocycles. The van der Waals surface area contributed by atoms with E-state index in [0.29, 0.717) is 6.54 Å². The number of carbonyl (C=O) groups excluding carboxylic acids is 2. The van der Waals surface area contributed by atoms with Crippen molar-refractivity contribution in [3.8, 4) is 0 Å². The molecule has 2 atom stereocenters. The van der Waals surface area contributed by atoms with Gasteiger partial charge < -0.3 is 10.2 Å². The predicted octanol–water partition coefficient (Wildman–Crippen LogP) is 3.40. The van der Waals surface area contributed by atoms with Gasteiger partial charge in [0.25, 0.3) is 0 Å². The molecule has 2 aromatic rings. The molecular weight excluding hydrogens is 324 g/mol. The van der Waals surface area contributed by atoms with Crippen LogP contribution >= 0.6 is 0 Å². The van der Waals surface area contributed by atoms with E-state index in [1.165, 1.54) is 5.56 Å². The van der Waals surface area contributed by atoms with Gasteiger partial charge in [-0.2, -0.15) is 0 Å². The van der Waals surface area contributed by atoms with Gasteiger partial charge >= 0.3 is 0 Å². The third-order valence-corrected chi connectivity index (χ3v) is 5.40. The van der Waals surface area contributed by atoms with Crippen LogP contribution in [0, 0.1) is 5.92 Å². The van der Waals surface area contributed by atoms with Crippen molar-refractivity contribution in [2.24, 2.45) is 5.92 Å². The van der Waals surface area contributed by atoms with E-state index in [9.17, 15) is 9.59 Å². The Morgan fingerprint density at radius 1 is 1.04 bits per heavy atom. The second-order valence-corrected chi connectivity index (χ2v) is 7.30. The number of carbonyl (C=O) groups is 2. The van der Waals surface area contributed by atoms with Crippen LogP contribution in [0.5, 0.6) is 0 Å². The Bertz CT molecular complexity index is 814. The number of nitrogens with zero attached hydrogens (tertiary/aromatic N) is 1. The van der Waals surface area contributed by atoms with Gasteiger partial charge in [-0.15, -0.1) is 0 Å². The lowest BCUT2D eigenvalue weighted by Gasteiger charge is -2.37. The molecule has 4 rings (SSSR count). The Morgan fingerprint density at radius 2 is 1.73 bits per heavy atom. The van der Waals surface area contributed by atoms with Gasteiger partial charge in [-0.1, -0.05) is 54.6 Å². The molecule has 1 N–H and O–H groups in total. The third-order valence-electron chi connectivity index (χ3n) is 5.40. The molecule has 0 unspecified atom stereocenters. The number of hydrogen-bond donors (Lipinski definition) is 1. The zero-order valence-corrected chi connectivity index (χ0v) is 15.0. The molecule has 0 saturated heterocycles. The Kier molecular flexibility index (Phi) is 4.49. The maximum Gasteiger partial charge on any atom is 0.247 e. The standard InChI is InChI=1S/C22H24N2O2/c1-15(16-7-3-2-4-8-16)23-21(25)20-19-10-6-5-9-17(19)13-14-24(20)22(26)18-11-12-18/h2-10,15,18,20H,11-14H2,1H3,(H,23,25)/t15-,20+/m0/s1. The summed E-state index contributed by atoms with van der Waals surface area (Å²) in [6, 6.07) is 17.3. The lowest BCUT2D eigenvalue weighted by atomic mass is 9.91. The van der Waals surface area contributed by atoms with E-state index in [1.807, 2.05) is 55.5 Å². The van der Waals surface area contributed by atoms with Crippen molar-refractivity contribution in [3.63, 3.8) is 0 Å². The highest BCUT2D eigenvalue weighted by Crippen LogP contribution is 2.37. The average Bonchev–Trinajstić information content (AvgIpc) is 3.52. The van der Waals surface area contributed by atoms with Crippen molar-refractivity contribution >= 4 is 11.8 Å². The van der Waals surface area contributed by atoms with Crippen LogP contribution in [0.25, 0.3) is 0 Å². The number of rotatable bonds is 4. The van der Waals surface area contributed by atoms with E-state index in [0.717, 1.165) is 30.4 Å². The molecular formula is C22H24N2O2. The van der Waals surface area contributed by atoms with Gasteiger partial charge in [0.05, 0.1) is 6.04 Å². The predicted molar refractivity (Wildman–Crippen MR) is 100 cm³/mol. The van der Waals surface area contributed by atoms with E-state index in [4.69, 9.17) is 0 Å². The summed E-state index contributed by atoms with van der Waals surface area (Å²) >= 11 is 0. The number of benzene rings is 2. The Balaban J connectivity index is 1.61. The van der Waals surface area contributed by atoms with Crippen LogP contribution in [0.2, 0.25) is 0 Å². The number of hydrogen-bond acceptors (Lipinski definition) is 2. The summed E-state index contributed by atoms with van der Waals surface area (Å²) in [7, 11) is 0. The summed E-state index contributed by atoms with van der Waals surface area (Å²) in [5.41, 5.74) is 3.19. The number of amides is 2. The summed E-state index contributed by atoms with van der Waals surface area (Å²) in [4.78, 5) is 27.8. The summed E-state index contributed by atoms with van der Waals surface area (Å²) < 4.78 is 0. The summed E-state index contributed by atoms with van der Waals surface area (Å²) in [5, 5.41) is 3.12. The fraction of sp³-hybridized carbons (Fsp3) is 0.364. The topological polar surface area (TPSA) is 49.4 Å². The largest absolute Gasteiger partial charge is 0.347 e. The first-order valence-corrected chi connectivity index (χ1v) is 9.39. The lowest BCUT2D eigenvalue weighted by molar-refractivity contribution is -0.142. The molecule has 1 heterocycles. The van der Waals surface area contributed by atoms with Gasteiger partial charge in [-0.25, -0.2) is 0 Å². The van der Waals surface area contributed by atoms with Gasteiger partial charge in [0.2, 0.25) is 11.8 Å². The summed E-state index contributed by atoms with van der Waals surface area (Å²) in [6.07, 6.45) is 2.71. The van der Waals surface area contributed by atoms with Crippen LogP contribution in [-0.2, 0) is 16.0 Å². The van der Waals surface area contributed by atoms with Crippen molar-refractivity contribution < 1.29 is 9.59 Å². The molecule has 0 spiro atoms. The van der Waals surface area contributed by atoms with E-state index in [2.05, 4.69) is 11.4 Å². The van der Waals surface area contributed by atoms with E-state index < -0.39 is 6.04 Å². The summed E-state index contributed by atoms with van der Waals surface area (Å²) in [5.74, 6) is 0.150.